The van der Waals surface area contributed by atoms with Crippen LogP contribution in [0.15, 0.2) is 40.4 Å². The van der Waals surface area contributed by atoms with Gasteiger partial charge in [-0.15, -0.1) is 0 Å². The molecule has 1 aliphatic rings. The van der Waals surface area contributed by atoms with Crippen molar-refractivity contribution in [2.75, 3.05) is 11.1 Å². The molecule has 1 aliphatic carbocycles. The van der Waals surface area contributed by atoms with Crippen molar-refractivity contribution in [2.24, 2.45) is 5.92 Å². The van der Waals surface area contributed by atoms with Gasteiger partial charge >= 0.3 is 6.18 Å². The van der Waals surface area contributed by atoms with Crippen molar-refractivity contribution < 1.29 is 17.6 Å². The van der Waals surface area contributed by atoms with Crippen LogP contribution in [0.5, 0.6) is 0 Å². The summed E-state index contributed by atoms with van der Waals surface area (Å²) in [6.45, 7) is 2.15. The van der Waals surface area contributed by atoms with Crippen molar-refractivity contribution in [1.82, 2.24) is 27.5 Å². The zero-order valence-corrected chi connectivity index (χ0v) is 23.9. The van der Waals surface area contributed by atoms with Gasteiger partial charge in [0.2, 0.25) is 0 Å². The Bertz CT molecular complexity index is 1740. The lowest BCUT2D eigenvalue weighted by Crippen LogP contribution is -2.34. The molecule has 0 aliphatic heterocycles. The molecule has 10 nitrogen and oxygen atoms in total. The van der Waals surface area contributed by atoms with Gasteiger partial charge in [0, 0.05) is 24.3 Å². The van der Waals surface area contributed by atoms with E-state index in [2.05, 4.69) is 25.4 Å². The second-order valence-electron chi connectivity index (χ2n) is 9.98. The number of nitrogen functional groups attached to an aromatic ring is 1. The van der Waals surface area contributed by atoms with E-state index in [0.717, 1.165) is 24.2 Å². The number of halogens is 5. The van der Waals surface area contributed by atoms with E-state index in [-0.39, 0.29) is 52.3 Å². The third-order valence-corrected chi connectivity index (χ3v) is 7.94. The lowest BCUT2D eigenvalue weighted by atomic mass is 9.85. The number of nitrogens with one attached hydrogen (secondary N) is 1. The normalized spacial score (nSPS) is 17.6. The monoisotopic (exact) mass is 684 g/mol. The van der Waals surface area contributed by atoms with Crippen LogP contribution in [-0.2, 0) is 19.1 Å². The number of alkyl halides is 3. The molecule has 1 saturated carbocycles. The number of fused-ring (bicyclic) bond motifs is 1. The number of hydrogen-bond donors (Lipinski definition) is 2. The summed E-state index contributed by atoms with van der Waals surface area (Å²) in [6.07, 6.45) is 2.18. The highest BCUT2D eigenvalue weighted by molar-refractivity contribution is 14.1. The van der Waals surface area contributed by atoms with Crippen LogP contribution in [0.2, 0.25) is 0 Å². The second kappa shape index (κ2) is 11.3. The lowest BCUT2D eigenvalue weighted by molar-refractivity contribution is -0.138. The fourth-order valence-corrected chi connectivity index (χ4v) is 5.57. The first kappa shape index (κ1) is 28.9. The smallest absolute Gasteiger partial charge is 0.383 e. The molecule has 15 heteroatoms. The number of benzene rings is 1. The van der Waals surface area contributed by atoms with E-state index < -0.39 is 28.7 Å². The summed E-state index contributed by atoms with van der Waals surface area (Å²) in [6, 6.07) is 2.15. The van der Waals surface area contributed by atoms with E-state index in [9.17, 15) is 22.8 Å². The Kier molecular flexibility index (Phi) is 7.98. The Morgan fingerprint density at radius 3 is 2.63 bits per heavy atom. The SMILES string of the molecule is CCc1cnc(-c2cc3ncn(C[C@@H]4CCC[C@H](Nc5cnn(I)c(=O)c5C(F)(F)F)C4)c(=O)c3cc2F)nc1N. The van der Waals surface area contributed by atoms with Crippen LogP contribution in [0.3, 0.4) is 0 Å². The molecule has 1 fully saturated rings. The van der Waals surface area contributed by atoms with E-state index in [1.54, 1.807) is 0 Å². The molecular weight excluding hydrogens is 659 g/mol. The fourth-order valence-electron chi connectivity index (χ4n) is 5.20. The average molecular weight is 684 g/mol. The molecule has 0 spiro atoms. The van der Waals surface area contributed by atoms with Crippen LogP contribution in [0.4, 0.5) is 29.1 Å². The number of aryl methyl sites for hydroxylation is 1. The zero-order valence-electron chi connectivity index (χ0n) is 21.8. The molecule has 0 bridgehead atoms. The Morgan fingerprint density at radius 2 is 1.93 bits per heavy atom. The largest absolute Gasteiger partial charge is 0.423 e. The van der Waals surface area contributed by atoms with Crippen molar-refractivity contribution in [3.8, 4) is 11.4 Å². The first-order chi connectivity index (χ1) is 19.5. The van der Waals surface area contributed by atoms with Gasteiger partial charge in [0.15, 0.2) is 5.82 Å². The fraction of sp³-hybridized carbons (Fsp3) is 0.385. The number of nitrogens with zero attached hydrogens (tertiary/aromatic N) is 6. The average Bonchev–Trinajstić information content (AvgIpc) is 2.92. The Morgan fingerprint density at radius 1 is 1.15 bits per heavy atom. The highest BCUT2D eigenvalue weighted by Crippen LogP contribution is 2.34. The zero-order chi connectivity index (χ0) is 29.5. The maximum absolute atomic E-state index is 15.1. The van der Waals surface area contributed by atoms with Crippen LogP contribution in [0.1, 0.15) is 43.7 Å². The van der Waals surface area contributed by atoms with Crippen LogP contribution < -0.4 is 22.2 Å². The Balaban J connectivity index is 1.37. The molecule has 0 unspecified atom stereocenters. The maximum Gasteiger partial charge on any atom is 0.423 e. The molecule has 5 rings (SSSR count). The molecule has 0 radical (unpaired) electrons. The topological polar surface area (TPSA) is 134 Å². The van der Waals surface area contributed by atoms with E-state index in [4.69, 9.17) is 5.73 Å². The van der Waals surface area contributed by atoms with E-state index >= 15 is 4.39 Å². The molecule has 3 heterocycles. The molecule has 41 heavy (non-hydrogen) atoms. The molecule has 4 aromatic rings. The molecule has 2 atom stereocenters. The number of aromatic nitrogens is 6. The van der Waals surface area contributed by atoms with Gasteiger partial charge in [-0.05, 0) is 43.7 Å². The van der Waals surface area contributed by atoms with Crippen LogP contribution in [-0.4, -0.2) is 33.6 Å². The summed E-state index contributed by atoms with van der Waals surface area (Å²) in [7, 11) is 0. The van der Waals surface area contributed by atoms with Crippen LogP contribution in [0.25, 0.3) is 22.3 Å². The van der Waals surface area contributed by atoms with E-state index in [0.29, 0.717) is 28.6 Å². The van der Waals surface area contributed by atoms with Crippen molar-refractivity contribution >= 4 is 45.3 Å². The summed E-state index contributed by atoms with van der Waals surface area (Å²) in [5.41, 5.74) is 3.67. The van der Waals surface area contributed by atoms with Crippen LogP contribution in [0, 0.1) is 11.7 Å². The summed E-state index contributed by atoms with van der Waals surface area (Å²) >= 11 is 1.40. The van der Waals surface area contributed by atoms with E-state index in [1.165, 1.54) is 46.0 Å². The molecule has 3 aromatic heterocycles. The quantitative estimate of drug-likeness (QED) is 0.223. The molecular formula is C26H25F4IN8O2. The summed E-state index contributed by atoms with van der Waals surface area (Å²) in [4.78, 5) is 38.1. The van der Waals surface area contributed by atoms with Crippen molar-refractivity contribution in [3.63, 3.8) is 0 Å². The van der Waals surface area contributed by atoms with Crippen molar-refractivity contribution in [2.45, 2.75) is 57.8 Å². The van der Waals surface area contributed by atoms with Gasteiger partial charge in [0.05, 0.1) is 57.5 Å². The van der Waals surface area contributed by atoms with Crippen molar-refractivity contribution in [1.29, 1.82) is 0 Å². The Hall–Kier alpha value is -3.63. The first-order valence-corrected chi connectivity index (χ1v) is 13.9. The van der Waals surface area contributed by atoms with Gasteiger partial charge in [-0.3, -0.25) is 14.2 Å². The summed E-state index contributed by atoms with van der Waals surface area (Å²) < 4.78 is 57.9. The highest BCUT2D eigenvalue weighted by Gasteiger charge is 2.39. The van der Waals surface area contributed by atoms with Gasteiger partial charge in [-0.1, -0.05) is 13.3 Å². The van der Waals surface area contributed by atoms with Gasteiger partial charge < -0.3 is 11.1 Å². The lowest BCUT2D eigenvalue weighted by Gasteiger charge is -2.31. The van der Waals surface area contributed by atoms with Crippen LogP contribution >= 0.6 is 22.9 Å². The minimum absolute atomic E-state index is 0.0667. The van der Waals surface area contributed by atoms with E-state index in [1.807, 2.05) is 6.92 Å². The molecule has 216 valence electrons. The third-order valence-electron chi connectivity index (χ3n) is 7.25. The van der Waals surface area contributed by atoms with Crippen molar-refractivity contribution in [3.05, 3.63) is 68.5 Å². The van der Waals surface area contributed by atoms with Gasteiger partial charge in [0.1, 0.15) is 17.2 Å². The summed E-state index contributed by atoms with van der Waals surface area (Å²) in [5, 5.41) is 6.65. The number of rotatable bonds is 6. The van der Waals surface area contributed by atoms with Gasteiger partial charge in [0.25, 0.3) is 11.1 Å². The molecule has 3 N–H and O–H groups in total. The maximum atomic E-state index is 15.1. The minimum atomic E-state index is -4.85. The standard InChI is InChI=1S/C26H25F4IN8O2/c1-2-14-9-33-23(37-22(14)32)16-8-19-17(7-18(16)27)24(40)38(12-34-19)11-13-4-3-5-15(6-13)36-20-10-35-39(31)25(41)21(20)26(28,29)30/h7-10,12-13,15,36H,2-6,11H2,1H3,(H2,32,33,37)/t13-,15+/m1/s1. The highest BCUT2D eigenvalue weighted by atomic mass is 127. The Labute approximate surface area is 244 Å². The second-order valence-corrected chi connectivity index (χ2v) is 10.9. The first-order valence-electron chi connectivity index (χ1n) is 12.9. The number of anilines is 2. The molecule has 1 aromatic carbocycles. The third kappa shape index (κ3) is 5.90. The summed E-state index contributed by atoms with van der Waals surface area (Å²) in [5.74, 6) is -0.420. The van der Waals surface area contributed by atoms with Gasteiger partial charge in [-0.2, -0.15) is 21.2 Å². The number of hydrogen-bond acceptors (Lipinski definition) is 8. The minimum Gasteiger partial charge on any atom is -0.383 e. The van der Waals surface area contributed by atoms with Gasteiger partial charge in [-0.25, -0.2) is 19.3 Å². The predicted molar refractivity (Wildman–Crippen MR) is 153 cm³/mol. The molecule has 0 saturated heterocycles. The number of nitrogens with two attached hydrogens (primary N) is 1. The predicted octanol–water partition coefficient (Wildman–Crippen LogP) is 4.58. The molecule has 0 amide bonds.